The lowest BCUT2D eigenvalue weighted by molar-refractivity contribution is -0.146. The van der Waals surface area contributed by atoms with Crippen LogP contribution in [0.25, 0.3) is 0 Å². The van der Waals surface area contributed by atoms with Crippen molar-refractivity contribution < 1.29 is 14.3 Å². The number of methoxy groups -OCH3 is 1. The van der Waals surface area contributed by atoms with Gasteiger partial charge in [0.25, 0.3) is 0 Å². The topological polar surface area (TPSA) is 35.5 Å². The largest absolute Gasteiger partial charge is 0.497 e. The van der Waals surface area contributed by atoms with Crippen LogP contribution < -0.4 is 4.74 Å². The Morgan fingerprint density at radius 3 is 2.47 bits per heavy atom. The normalized spacial score (nSPS) is 34.4. The highest BCUT2D eigenvalue weighted by molar-refractivity contribution is 5.84. The summed E-state index contributed by atoms with van der Waals surface area (Å²) in [6.07, 6.45) is 1.13. The van der Waals surface area contributed by atoms with Crippen LogP contribution in [0.15, 0.2) is 24.3 Å². The zero-order valence-electron chi connectivity index (χ0n) is 11.7. The molecular formula is C16H20O3. The van der Waals surface area contributed by atoms with E-state index in [1.165, 1.54) is 5.56 Å². The monoisotopic (exact) mass is 260 g/mol. The second-order valence-electron chi connectivity index (χ2n) is 5.43. The molecule has 2 fully saturated rings. The van der Waals surface area contributed by atoms with Crippen LogP contribution in [0, 0.1) is 17.8 Å². The highest BCUT2D eigenvalue weighted by atomic mass is 16.5. The first-order valence-electron chi connectivity index (χ1n) is 7.02. The predicted molar refractivity (Wildman–Crippen MR) is 72.1 cm³/mol. The molecule has 3 heteroatoms. The van der Waals surface area contributed by atoms with Crippen molar-refractivity contribution in [1.82, 2.24) is 0 Å². The van der Waals surface area contributed by atoms with E-state index in [9.17, 15) is 4.79 Å². The number of benzene rings is 1. The van der Waals surface area contributed by atoms with E-state index in [-0.39, 0.29) is 17.3 Å². The van der Waals surface area contributed by atoms with Crippen molar-refractivity contribution in [2.75, 3.05) is 13.7 Å². The summed E-state index contributed by atoms with van der Waals surface area (Å²) in [5, 5.41) is 0. The van der Waals surface area contributed by atoms with Crippen molar-refractivity contribution in [2.24, 2.45) is 17.8 Å². The lowest BCUT2D eigenvalue weighted by atomic mass is 9.88. The van der Waals surface area contributed by atoms with Gasteiger partial charge in [0, 0.05) is 5.41 Å². The molecule has 102 valence electrons. The maximum atomic E-state index is 12.0. The van der Waals surface area contributed by atoms with Crippen LogP contribution in [0.4, 0.5) is 0 Å². The minimum absolute atomic E-state index is 0.0204. The molecule has 0 N–H and O–H groups in total. The van der Waals surface area contributed by atoms with Crippen LogP contribution in [-0.4, -0.2) is 19.7 Å². The number of hydrogen-bond acceptors (Lipinski definition) is 3. The van der Waals surface area contributed by atoms with E-state index in [1.54, 1.807) is 7.11 Å². The van der Waals surface area contributed by atoms with Crippen LogP contribution >= 0.6 is 0 Å². The fraction of sp³-hybridized carbons (Fsp3) is 0.562. The average molecular weight is 260 g/mol. The van der Waals surface area contributed by atoms with Gasteiger partial charge in [0.2, 0.25) is 0 Å². The molecule has 0 heterocycles. The molecule has 2 aliphatic carbocycles. The molecule has 1 aromatic rings. The predicted octanol–water partition coefficient (Wildman–Crippen LogP) is 2.78. The van der Waals surface area contributed by atoms with Gasteiger partial charge in [-0.3, -0.25) is 4.79 Å². The quantitative estimate of drug-likeness (QED) is 0.764. The molecule has 3 rings (SSSR count). The van der Waals surface area contributed by atoms with Crippen molar-refractivity contribution in [3.63, 3.8) is 0 Å². The number of carbonyl (C=O) groups excluding carboxylic acids is 1. The first kappa shape index (κ1) is 12.5. The van der Waals surface area contributed by atoms with Crippen molar-refractivity contribution in [3.8, 4) is 5.75 Å². The summed E-state index contributed by atoms with van der Waals surface area (Å²) in [6, 6.07) is 8.15. The molecule has 19 heavy (non-hydrogen) atoms. The van der Waals surface area contributed by atoms with Crippen molar-refractivity contribution in [1.29, 1.82) is 0 Å². The summed E-state index contributed by atoms with van der Waals surface area (Å²) in [5.74, 6) is 2.08. The Kier molecular flexibility index (Phi) is 2.80. The number of carbonyl (C=O) groups is 1. The Morgan fingerprint density at radius 1 is 1.26 bits per heavy atom. The standard InChI is InChI=1S/C16H20O3/c1-4-12-13-14(15(17)19-5-2)16(12,13)10-6-8-11(18-3)9-7-10/h6-9,12-14H,4-5H2,1-3H3. The minimum atomic E-state index is -0.0204. The van der Waals surface area contributed by atoms with Gasteiger partial charge in [-0.05, 0) is 36.5 Å². The number of rotatable bonds is 5. The first-order chi connectivity index (χ1) is 9.21. The van der Waals surface area contributed by atoms with Gasteiger partial charge >= 0.3 is 5.97 Å². The van der Waals surface area contributed by atoms with Crippen LogP contribution in [0.3, 0.4) is 0 Å². The third-order valence-electron chi connectivity index (χ3n) is 4.82. The fourth-order valence-corrected chi connectivity index (χ4v) is 3.92. The maximum absolute atomic E-state index is 12.0. The Morgan fingerprint density at radius 2 is 1.95 bits per heavy atom. The summed E-state index contributed by atoms with van der Waals surface area (Å²) in [7, 11) is 1.67. The highest BCUT2D eigenvalue weighted by Gasteiger charge is 2.88. The van der Waals surface area contributed by atoms with Gasteiger partial charge in [0.15, 0.2) is 0 Å². The molecular weight excluding hydrogens is 240 g/mol. The molecule has 2 saturated carbocycles. The van der Waals surface area contributed by atoms with E-state index < -0.39 is 0 Å². The van der Waals surface area contributed by atoms with Crippen LogP contribution in [0.5, 0.6) is 5.75 Å². The summed E-state index contributed by atoms with van der Waals surface area (Å²) in [4.78, 5) is 12.0. The Hall–Kier alpha value is -1.51. The summed E-state index contributed by atoms with van der Waals surface area (Å²) >= 11 is 0. The third kappa shape index (κ3) is 1.54. The Labute approximate surface area is 113 Å². The van der Waals surface area contributed by atoms with Crippen molar-refractivity contribution in [3.05, 3.63) is 29.8 Å². The van der Waals surface area contributed by atoms with Crippen molar-refractivity contribution >= 4 is 5.97 Å². The number of esters is 1. The SMILES string of the molecule is CCOC(=O)C1C2C(CC)C12c1ccc(OC)cc1. The van der Waals surface area contributed by atoms with Gasteiger partial charge in [-0.1, -0.05) is 25.5 Å². The third-order valence-corrected chi connectivity index (χ3v) is 4.82. The molecule has 1 aromatic carbocycles. The van der Waals surface area contributed by atoms with Gasteiger partial charge in [-0.15, -0.1) is 0 Å². The first-order valence-corrected chi connectivity index (χ1v) is 7.02. The smallest absolute Gasteiger partial charge is 0.310 e. The molecule has 0 amide bonds. The van der Waals surface area contributed by atoms with E-state index in [1.807, 2.05) is 19.1 Å². The molecule has 4 unspecified atom stereocenters. The molecule has 0 aliphatic heterocycles. The molecule has 0 saturated heterocycles. The number of fused-ring (bicyclic) bond motifs is 1. The lowest BCUT2D eigenvalue weighted by Gasteiger charge is -2.17. The second-order valence-corrected chi connectivity index (χ2v) is 5.43. The van der Waals surface area contributed by atoms with Crippen molar-refractivity contribution in [2.45, 2.75) is 25.7 Å². The number of ether oxygens (including phenoxy) is 2. The molecule has 0 radical (unpaired) electrons. The maximum Gasteiger partial charge on any atom is 0.310 e. The molecule has 4 atom stereocenters. The van der Waals surface area contributed by atoms with Crippen LogP contribution in [0.2, 0.25) is 0 Å². The van der Waals surface area contributed by atoms with E-state index in [0.29, 0.717) is 18.4 Å². The van der Waals surface area contributed by atoms with Gasteiger partial charge in [-0.25, -0.2) is 0 Å². The van der Waals surface area contributed by atoms with Gasteiger partial charge in [0.05, 0.1) is 19.6 Å². The summed E-state index contributed by atoms with van der Waals surface area (Å²) < 4.78 is 10.4. The summed E-state index contributed by atoms with van der Waals surface area (Å²) in [5.41, 5.74) is 1.34. The fourth-order valence-electron chi connectivity index (χ4n) is 3.92. The van der Waals surface area contributed by atoms with Gasteiger partial charge < -0.3 is 9.47 Å². The molecule has 0 spiro atoms. The Bertz CT molecular complexity index is 493. The average Bonchev–Trinajstić information content (AvgIpc) is 3.28. The molecule has 0 bridgehead atoms. The zero-order chi connectivity index (χ0) is 13.6. The van der Waals surface area contributed by atoms with Crippen LogP contribution in [-0.2, 0) is 14.9 Å². The van der Waals surface area contributed by atoms with E-state index >= 15 is 0 Å². The van der Waals surface area contributed by atoms with Crippen LogP contribution in [0.1, 0.15) is 25.8 Å². The van der Waals surface area contributed by atoms with E-state index in [0.717, 1.165) is 12.2 Å². The zero-order valence-corrected chi connectivity index (χ0v) is 11.7. The Balaban J connectivity index is 1.83. The van der Waals surface area contributed by atoms with E-state index in [4.69, 9.17) is 9.47 Å². The lowest BCUT2D eigenvalue weighted by Crippen LogP contribution is -2.22. The van der Waals surface area contributed by atoms with Gasteiger partial charge in [0.1, 0.15) is 5.75 Å². The number of hydrogen-bond donors (Lipinski definition) is 0. The highest BCUT2D eigenvalue weighted by Crippen LogP contribution is 2.85. The second kappa shape index (κ2) is 4.26. The minimum Gasteiger partial charge on any atom is -0.497 e. The molecule has 0 aromatic heterocycles. The van der Waals surface area contributed by atoms with Gasteiger partial charge in [-0.2, -0.15) is 0 Å². The summed E-state index contributed by atoms with van der Waals surface area (Å²) in [6.45, 7) is 4.53. The molecule has 3 nitrogen and oxygen atoms in total. The van der Waals surface area contributed by atoms with E-state index in [2.05, 4.69) is 19.1 Å². The molecule has 2 aliphatic rings.